The van der Waals surface area contributed by atoms with E-state index in [1.165, 1.54) is 37.1 Å². The zero-order valence-electron chi connectivity index (χ0n) is 17.2. The molecule has 1 amide bonds. The van der Waals surface area contributed by atoms with Gasteiger partial charge >= 0.3 is 0 Å². The Bertz CT molecular complexity index is 1040. The quantitative estimate of drug-likeness (QED) is 0.636. The maximum atomic E-state index is 13.1. The average molecular weight is 421 g/mol. The molecule has 31 heavy (non-hydrogen) atoms. The zero-order valence-corrected chi connectivity index (χ0v) is 17.2. The molecule has 1 aromatic carbocycles. The van der Waals surface area contributed by atoms with E-state index < -0.39 is 0 Å². The largest absolute Gasteiger partial charge is 0.353 e. The van der Waals surface area contributed by atoms with Crippen LogP contribution in [0.3, 0.4) is 0 Å². The lowest BCUT2D eigenvalue weighted by Gasteiger charge is -2.35. The maximum absolute atomic E-state index is 13.1. The van der Waals surface area contributed by atoms with E-state index in [9.17, 15) is 9.18 Å². The van der Waals surface area contributed by atoms with E-state index in [1.54, 1.807) is 11.1 Å². The molecule has 1 saturated carbocycles. The van der Waals surface area contributed by atoms with E-state index in [4.69, 9.17) is 4.52 Å². The van der Waals surface area contributed by atoms with Crippen molar-refractivity contribution in [2.75, 3.05) is 31.1 Å². The Morgan fingerprint density at radius 2 is 1.74 bits per heavy atom. The summed E-state index contributed by atoms with van der Waals surface area (Å²) in [5.41, 5.74) is 1.34. The Balaban J connectivity index is 1.20. The number of halogens is 1. The normalized spacial score (nSPS) is 17.3. The van der Waals surface area contributed by atoms with Gasteiger partial charge in [-0.3, -0.25) is 4.79 Å². The number of anilines is 1. The van der Waals surface area contributed by atoms with E-state index in [0.717, 1.165) is 30.1 Å². The number of rotatable bonds is 4. The van der Waals surface area contributed by atoms with Gasteiger partial charge in [-0.1, -0.05) is 18.0 Å². The van der Waals surface area contributed by atoms with E-state index in [2.05, 4.69) is 20.0 Å². The van der Waals surface area contributed by atoms with Gasteiger partial charge in [-0.25, -0.2) is 9.37 Å². The molecule has 2 aromatic heterocycles. The number of nitrogens with zero attached hydrogens (tertiary/aromatic N) is 5. The van der Waals surface area contributed by atoms with Crippen molar-refractivity contribution in [3.8, 4) is 11.4 Å². The number of amides is 1. The lowest BCUT2D eigenvalue weighted by atomic mass is 10.1. The van der Waals surface area contributed by atoms with Gasteiger partial charge in [0, 0.05) is 49.4 Å². The van der Waals surface area contributed by atoms with Crippen molar-refractivity contribution in [1.29, 1.82) is 0 Å². The highest BCUT2D eigenvalue weighted by Gasteiger charge is 2.25. The second-order valence-electron chi connectivity index (χ2n) is 8.13. The molecule has 0 unspecified atom stereocenters. The van der Waals surface area contributed by atoms with Gasteiger partial charge in [-0.05, 0) is 49.2 Å². The molecule has 0 atom stereocenters. The van der Waals surface area contributed by atoms with Crippen molar-refractivity contribution < 1.29 is 13.7 Å². The minimum atomic E-state index is -0.341. The fourth-order valence-corrected chi connectivity index (χ4v) is 4.31. The number of piperazine rings is 1. The van der Waals surface area contributed by atoms with Crippen LogP contribution >= 0.6 is 0 Å². The number of carbonyl (C=O) groups is 1. The van der Waals surface area contributed by atoms with Crippen LogP contribution in [0.1, 0.15) is 47.8 Å². The molecule has 1 aliphatic carbocycles. The predicted molar refractivity (Wildman–Crippen MR) is 113 cm³/mol. The standard InChI is InChI=1S/C23H24FN5O2/c24-19-8-5-17(6-9-19)23(30)29-13-11-28(12-14-29)20-10-7-18(15-25-20)21-26-22(31-27-21)16-3-1-2-4-16/h5-10,15-16H,1-4,11-14H2. The third kappa shape index (κ3) is 4.15. The molecule has 5 rings (SSSR count). The lowest BCUT2D eigenvalue weighted by Crippen LogP contribution is -2.49. The highest BCUT2D eigenvalue weighted by Crippen LogP contribution is 2.33. The Morgan fingerprint density at radius 3 is 2.42 bits per heavy atom. The number of hydrogen-bond donors (Lipinski definition) is 0. The summed E-state index contributed by atoms with van der Waals surface area (Å²) in [4.78, 5) is 25.7. The zero-order chi connectivity index (χ0) is 21.2. The Morgan fingerprint density at radius 1 is 1.00 bits per heavy atom. The minimum absolute atomic E-state index is 0.0712. The molecule has 160 valence electrons. The second kappa shape index (κ2) is 8.45. The van der Waals surface area contributed by atoms with E-state index in [-0.39, 0.29) is 11.7 Å². The molecule has 7 nitrogen and oxygen atoms in total. The fourth-order valence-electron chi connectivity index (χ4n) is 4.31. The summed E-state index contributed by atoms with van der Waals surface area (Å²) in [5.74, 6) is 2.15. The summed E-state index contributed by atoms with van der Waals surface area (Å²) in [6.07, 6.45) is 6.46. The first-order chi connectivity index (χ1) is 15.2. The van der Waals surface area contributed by atoms with Gasteiger partial charge in [-0.15, -0.1) is 0 Å². The van der Waals surface area contributed by atoms with Gasteiger partial charge < -0.3 is 14.3 Å². The molecule has 0 N–H and O–H groups in total. The van der Waals surface area contributed by atoms with Gasteiger partial charge in [0.25, 0.3) is 5.91 Å². The van der Waals surface area contributed by atoms with Crippen molar-refractivity contribution in [3.05, 3.63) is 59.9 Å². The Hall–Kier alpha value is -3.29. The van der Waals surface area contributed by atoms with Crippen LogP contribution in [0.15, 0.2) is 47.1 Å². The molecule has 0 bridgehead atoms. The molecule has 3 heterocycles. The third-order valence-corrected chi connectivity index (χ3v) is 6.13. The highest BCUT2D eigenvalue weighted by molar-refractivity contribution is 5.94. The molecule has 8 heteroatoms. The van der Waals surface area contributed by atoms with Crippen LogP contribution in [0, 0.1) is 5.82 Å². The van der Waals surface area contributed by atoms with Crippen LogP contribution in [0.4, 0.5) is 10.2 Å². The topological polar surface area (TPSA) is 75.4 Å². The SMILES string of the molecule is O=C(c1ccc(F)cc1)N1CCN(c2ccc(-c3noc(C4CCCC4)n3)cn2)CC1. The van der Waals surface area contributed by atoms with Gasteiger partial charge in [0.15, 0.2) is 0 Å². The molecule has 2 aliphatic rings. The smallest absolute Gasteiger partial charge is 0.253 e. The highest BCUT2D eigenvalue weighted by atomic mass is 19.1. The lowest BCUT2D eigenvalue weighted by molar-refractivity contribution is 0.0746. The fraction of sp³-hybridized carbons (Fsp3) is 0.391. The van der Waals surface area contributed by atoms with Crippen molar-refractivity contribution in [3.63, 3.8) is 0 Å². The molecule has 0 spiro atoms. The number of carbonyl (C=O) groups excluding carboxylic acids is 1. The van der Waals surface area contributed by atoms with Crippen LogP contribution in [0.5, 0.6) is 0 Å². The van der Waals surface area contributed by atoms with E-state index in [1.807, 2.05) is 12.1 Å². The van der Waals surface area contributed by atoms with E-state index >= 15 is 0 Å². The van der Waals surface area contributed by atoms with Crippen LogP contribution < -0.4 is 4.90 Å². The number of benzene rings is 1. The van der Waals surface area contributed by atoms with Crippen LogP contribution in [0.2, 0.25) is 0 Å². The number of hydrogen-bond acceptors (Lipinski definition) is 6. The van der Waals surface area contributed by atoms with Gasteiger partial charge in [0.1, 0.15) is 11.6 Å². The first-order valence-corrected chi connectivity index (χ1v) is 10.8. The van der Waals surface area contributed by atoms with E-state index in [0.29, 0.717) is 43.5 Å². The van der Waals surface area contributed by atoms with Crippen molar-refractivity contribution in [2.24, 2.45) is 0 Å². The summed E-state index contributed by atoms with van der Waals surface area (Å²) in [5, 5.41) is 4.13. The summed E-state index contributed by atoms with van der Waals surface area (Å²) in [6, 6.07) is 9.60. The van der Waals surface area contributed by atoms with Crippen molar-refractivity contribution in [2.45, 2.75) is 31.6 Å². The summed E-state index contributed by atoms with van der Waals surface area (Å²) >= 11 is 0. The van der Waals surface area contributed by atoms with Crippen molar-refractivity contribution in [1.82, 2.24) is 20.0 Å². The molecular weight excluding hydrogens is 397 g/mol. The Labute approximate surface area is 179 Å². The van der Waals surface area contributed by atoms with Crippen LogP contribution in [-0.2, 0) is 0 Å². The van der Waals surface area contributed by atoms with Gasteiger partial charge in [-0.2, -0.15) is 4.98 Å². The van der Waals surface area contributed by atoms with Gasteiger partial charge in [0.05, 0.1) is 0 Å². The van der Waals surface area contributed by atoms with Crippen LogP contribution in [0.25, 0.3) is 11.4 Å². The monoisotopic (exact) mass is 421 g/mol. The first-order valence-electron chi connectivity index (χ1n) is 10.8. The summed E-state index contributed by atoms with van der Waals surface area (Å²) < 4.78 is 18.6. The maximum Gasteiger partial charge on any atom is 0.253 e. The Kier molecular flexibility index (Phi) is 5.36. The molecule has 3 aromatic rings. The molecule has 2 fully saturated rings. The minimum Gasteiger partial charge on any atom is -0.353 e. The first kappa shape index (κ1) is 19.7. The second-order valence-corrected chi connectivity index (χ2v) is 8.13. The number of pyridine rings is 1. The van der Waals surface area contributed by atoms with Crippen molar-refractivity contribution >= 4 is 11.7 Å². The molecule has 1 aliphatic heterocycles. The summed E-state index contributed by atoms with van der Waals surface area (Å²) in [7, 11) is 0. The predicted octanol–water partition coefficient (Wildman–Crippen LogP) is 3.89. The van der Waals surface area contributed by atoms with Crippen LogP contribution in [-0.4, -0.2) is 52.1 Å². The molecule has 1 saturated heterocycles. The average Bonchev–Trinajstić information content (AvgIpc) is 3.52. The third-order valence-electron chi connectivity index (χ3n) is 6.13. The summed E-state index contributed by atoms with van der Waals surface area (Å²) in [6.45, 7) is 2.56. The van der Waals surface area contributed by atoms with Gasteiger partial charge in [0.2, 0.25) is 11.7 Å². The molecule has 0 radical (unpaired) electrons. The molecular formula is C23H24FN5O2. The number of aromatic nitrogens is 3.